The molecule has 5 nitrogen and oxygen atoms in total. The molecule has 2 fully saturated rings. The van der Waals surface area contributed by atoms with Crippen molar-refractivity contribution in [2.45, 2.75) is 50.7 Å². The lowest BCUT2D eigenvalue weighted by Gasteiger charge is -2.14. The molecule has 1 aromatic carbocycles. The zero-order valence-electron chi connectivity index (χ0n) is 13.9. The standard InChI is InChI=1S/C18H25FN2O3/c19-16-10-13(21-18(22)12-24-14-4-1-2-5-14)7-8-17(16)20-11-15-6-3-9-23-15/h7-8,10,14-15,20H,1-6,9,11-12H2,(H,21,22)/t15-/m1/s1. The molecule has 3 rings (SSSR count). The van der Waals surface area contributed by atoms with Crippen molar-refractivity contribution in [1.29, 1.82) is 0 Å². The van der Waals surface area contributed by atoms with E-state index in [1.165, 1.54) is 6.07 Å². The molecular formula is C18H25FN2O3. The average Bonchev–Trinajstić information content (AvgIpc) is 3.26. The number of carbonyl (C=O) groups is 1. The van der Waals surface area contributed by atoms with Crippen LogP contribution < -0.4 is 10.6 Å². The summed E-state index contributed by atoms with van der Waals surface area (Å²) < 4.78 is 25.2. The van der Waals surface area contributed by atoms with Crippen LogP contribution in [0.5, 0.6) is 0 Å². The first-order valence-electron chi connectivity index (χ1n) is 8.77. The van der Waals surface area contributed by atoms with E-state index in [-0.39, 0.29) is 30.5 Å². The molecule has 1 aliphatic heterocycles. The van der Waals surface area contributed by atoms with Crippen LogP contribution in [-0.4, -0.2) is 37.9 Å². The van der Waals surface area contributed by atoms with Crippen molar-refractivity contribution < 1.29 is 18.7 Å². The molecule has 0 radical (unpaired) electrons. The molecule has 132 valence electrons. The Kier molecular flexibility index (Phi) is 6.04. The van der Waals surface area contributed by atoms with Gasteiger partial charge in [0.25, 0.3) is 0 Å². The summed E-state index contributed by atoms with van der Waals surface area (Å²) >= 11 is 0. The first-order valence-corrected chi connectivity index (χ1v) is 8.77. The molecule has 2 aliphatic rings. The molecule has 0 unspecified atom stereocenters. The Hall–Kier alpha value is -1.66. The monoisotopic (exact) mass is 336 g/mol. The minimum Gasteiger partial charge on any atom is -0.380 e. The number of anilines is 2. The largest absolute Gasteiger partial charge is 0.380 e. The predicted molar refractivity (Wildman–Crippen MR) is 90.7 cm³/mol. The summed E-state index contributed by atoms with van der Waals surface area (Å²) in [6.07, 6.45) is 6.77. The summed E-state index contributed by atoms with van der Waals surface area (Å²) in [5.41, 5.74) is 0.862. The van der Waals surface area contributed by atoms with E-state index in [4.69, 9.17) is 9.47 Å². The Morgan fingerprint density at radius 3 is 2.79 bits per heavy atom. The number of benzene rings is 1. The topological polar surface area (TPSA) is 59.6 Å². The summed E-state index contributed by atoms with van der Waals surface area (Å²) in [5.74, 6) is -0.635. The van der Waals surface area contributed by atoms with Gasteiger partial charge in [-0.25, -0.2) is 4.39 Å². The van der Waals surface area contributed by atoms with E-state index in [0.29, 0.717) is 17.9 Å². The van der Waals surface area contributed by atoms with E-state index in [1.807, 2.05) is 0 Å². The van der Waals surface area contributed by atoms with Crippen LogP contribution in [0.2, 0.25) is 0 Å². The quantitative estimate of drug-likeness (QED) is 0.802. The summed E-state index contributed by atoms with van der Waals surface area (Å²) in [5, 5.41) is 5.73. The maximum atomic E-state index is 14.1. The second-order valence-corrected chi connectivity index (χ2v) is 6.48. The Morgan fingerprint density at radius 1 is 1.25 bits per heavy atom. The Morgan fingerprint density at radius 2 is 2.08 bits per heavy atom. The molecular weight excluding hydrogens is 311 g/mol. The third-order valence-corrected chi connectivity index (χ3v) is 4.55. The highest BCUT2D eigenvalue weighted by molar-refractivity contribution is 5.91. The van der Waals surface area contributed by atoms with Crippen LogP contribution in [0.4, 0.5) is 15.8 Å². The van der Waals surface area contributed by atoms with Gasteiger partial charge >= 0.3 is 0 Å². The summed E-state index contributed by atoms with van der Waals surface area (Å²) in [6, 6.07) is 4.65. The maximum Gasteiger partial charge on any atom is 0.250 e. The van der Waals surface area contributed by atoms with Crippen LogP contribution in [-0.2, 0) is 14.3 Å². The van der Waals surface area contributed by atoms with Gasteiger partial charge < -0.3 is 20.1 Å². The molecule has 1 atom stereocenters. The van der Waals surface area contributed by atoms with Crippen LogP contribution in [0.25, 0.3) is 0 Å². The summed E-state index contributed by atoms with van der Waals surface area (Å²) in [4.78, 5) is 11.9. The van der Waals surface area contributed by atoms with Gasteiger partial charge in [-0.1, -0.05) is 12.8 Å². The van der Waals surface area contributed by atoms with E-state index in [0.717, 1.165) is 45.1 Å². The van der Waals surface area contributed by atoms with Crippen molar-refractivity contribution in [3.05, 3.63) is 24.0 Å². The zero-order valence-corrected chi connectivity index (χ0v) is 13.9. The molecule has 2 N–H and O–H groups in total. The van der Waals surface area contributed by atoms with Crippen LogP contribution in [0, 0.1) is 5.82 Å². The third kappa shape index (κ3) is 4.92. The fraction of sp³-hybridized carbons (Fsp3) is 0.611. The molecule has 0 spiro atoms. The summed E-state index contributed by atoms with van der Waals surface area (Å²) in [7, 11) is 0. The smallest absolute Gasteiger partial charge is 0.250 e. The number of amides is 1. The molecule has 1 saturated carbocycles. The highest BCUT2D eigenvalue weighted by atomic mass is 19.1. The highest BCUT2D eigenvalue weighted by Crippen LogP contribution is 2.22. The fourth-order valence-electron chi connectivity index (χ4n) is 3.21. The van der Waals surface area contributed by atoms with Gasteiger partial charge in [0.2, 0.25) is 5.91 Å². The number of ether oxygens (including phenoxy) is 2. The van der Waals surface area contributed by atoms with E-state index in [2.05, 4.69) is 10.6 Å². The van der Waals surface area contributed by atoms with Crippen LogP contribution in [0.3, 0.4) is 0 Å². The van der Waals surface area contributed by atoms with Crippen LogP contribution in [0.15, 0.2) is 18.2 Å². The second kappa shape index (κ2) is 8.44. The Bertz CT molecular complexity index is 555. The van der Waals surface area contributed by atoms with Crippen molar-refractivity contribution in [3.8, 4) is 0 Å². The molecule has 1 saturated heterocycles. The first-order chi connectivity index (χ1) is 11.7. The van der Waals surface area contributed by atoms with Crippen LogP contribution in [0.1, 0.15) is 38.5 Å². The van der Waals surface area contributed by atoms with Crippen molar-refractivity contribution >= 4 is 17.3 Å². The number of nitrogens with one attached hydrogen (secondary N) is 2. The molecule has 1 aromatic rings. The van der Waals surface area contributed by atoms with E-state index in [9.17, 15) is 9.18 Å². The van der Waals surface area contributed by atoms with Crippen molar-refractivity contribution in [2.75, 3.05) is 30.4 Å². The number of hydrogen-bond donors (Lipinski definition) is 2. The highest BCUT2D eigenvalue weighted by Gasteiger charge is 2.17. The van der Waals surface area contributed by atoms with Gasteiger partial charge in [-0.3, -0.25) is 4.79 Å². The number of hydrogen-bond acceptors (Lipinski definition) is 4. The lowest BCUT2D eigenvalue weighted by molar-refractivity contribution is -0.122. The Balaban J connectivity index is 1.45. The van der Waals surface area contributed by atoms with Crippen molar-refractivity contribution in [2.24, 2.45) is 0 Å². The van der Waals surface area contributed by atoms with Gasteiger partial charge in [0.05, 0.1) is 17.9 Å². The van der Waals surface area contributed by atoms with Gasteiger partial charge in [0, 0.05) is 18.8 Å². The number of rotatable bonds is 7. The van der Waals surface area contributed by atoms with Gasteiger partial charge in [0.15, 0.2) is 0 Å². The van der Waals surface area contributed by atoms with E-state index < -0.39 is 0 Å². The minimum absolute atomic E-state index is 0.0192. The van der Waals surface area contributed by atoms with Crippen molar-refractivity contribution in [1.82, 2.24) is 0 Å². The van der Waals surface area contributed by atoms with Gasteiger partial charge in [-0.2, -0.15) is 0 Å². The second-order valence-electron chi connectivity index (χ2n) is 6.48. The molecule has 6 heteroatoms. The molecule has 1 heterocycles. The van der Waals surface area contributed by atoms with Crippen LogP contribution >= 0.6 is 0 Å². The molecule has 0 bridgehead atoms. The van der Waals surface area contributed by atoms with E-state index in [1.54, 1.807) is 12.1 Å². The molecule has 1 amide bonds. The first kappa shape index (κ1) is 17.2. The summed E-state index contributed by atoms with van der Waals surface area (Å²) in [6.45, 7) is 1.39. The molecule has 0 aromatic heterocycles. The third-order valence-electron chi connectivity index (χ3n) is 4.55. The van der Waals surface area contributed by atoms with Gasteiger partial charge in [0.1, 0.15) is 12.4 Å². The average molecular weight is 336 g/mol. The van der Waals surface area contributed by atoms with E-state index >= 15 is 0 Å². The molecule has 24 heavy (non-hydrogen) atoms. The minimum atomic E-state index is -0.387. The van der Waals surface area contributed by atoms with Gasteiger partial charge in [-0.05, 0) is 43.9 Å². The lowest BCUT2D eigenvalue weighted by atomic mass is 10.2. The lowest BCUT2D eigenvalue weighted by Crippen LogP contribution is -2.22. The number of carbonyl (C=O) groups excluding carboxylic acids is 1. The van der Waals surface area contributed by atoms with Crippen molar-refractivity contribution in [3.63, 3.8) is 0 Å². The number of halogens is 1. The predicted octanol–water partition coefficient (Wildman–Crippen LogP) is 3.31. The molecule has 1 aliphatic carbocycles. The zero-order chi connectivity index (χ0) is 16.8. The fourth-order valence-corrected chi connectivity index (χ4v) is 3.21. The maximum absolute atomic E-state index is 14.1. The Labute approximate surface area is 141 Å². The SMILES string of the molecule is O=C(COC1CCCC1)Nc1ccc(NC[C@H]2CCCO2)c(F)c1. The van der Waals surface area contributed by atoms with Gasteiger partial charge in [-0.15, -0.1) is 0 Å². The normalized spacial score (nSPS) is 21.1.